The van der Waals surface area contributed by atoms with Crippen molar-refractivity contribution in [3.05, 3.63) is 22.4 Å². The highest BCUT2D eigenvalue weighted by atomic mass is 79.9. The Balaban J connectivity index is 2.56. The Kier molecular flexibility index (Phi) is 2.22. The molecule has 1 N–H and O–H groups in total. The number of nitrogens with zero attached hydrogens (tertiary/aromatic N) is 1. The number of hydrogen-bond acceptors (Lipinski definition) is 3. The zero-order chi connectivity index (χ0) is 8.72. The highest BCUT2D eigenvalue weighted by molar-refractivity contribution is 9.12. The first kappa shape index (κ1) is 8.65. The van der Waals surface area contributed by atoms with Gasteiger partial charge in [0.25, 0.3) is 0 Å². The lowest BCUT2D eigenvalue weighted by molar-refractivity contribution is 0.622. The number of rotatable bonds is 0. The van der Waals surface area contributed by atoms with Gasteiger partial charge in [0.2, 0.25) is 0 Å². The van der Waals surface area contributed by atoms with Crippen LogP contribution in [0.4, 0.5) is 15.8 Å². The van der Waals surface area contributed by atoms with Crippen LogP contribution in [0.1, 0.15) is 0 Å². The molecule has 1 aromatic carbocycles. The summed E-state index contributed by atoms with van der Waals surface area (Å²) in [6.45, 7) is 0. The second-order valence-electron chi connectivity index (χ2n) is 2.22. The predicted octanol–water partition coefficient (Wildman–Crippen LogP) is 3.69. The first-order valence-electron chi connectivity index (χ1n) is 3.06. The predicted molar refractivity (Wildman–Crippen MR) is 56.7 cm³/mol. The number of fused-ring (bicyclic) bond motifs is 1. The van der Waals surface area contributed by atoms with E-state index in [1.807, 2.05) is 0 Å². The Hall–Kier alpha value is 0.0600. The monoisotopic (exact) mass is 312 g/mol. The third kappa shape index (κ3) is 1.31. The second-order valence-corrected chi connectivity index (χ2v) is 5.01. The van der Waals surface area contributed by atoms with E-state index in [2.05, 4.69) is 36.8 Å². The summed E-state index contributed by atoms with van der Waals surface area (Å²) in [4.78, 5) is 0. The minimum atomic E-state index is -0.262. The summed E-state index contributed by atoms with van der Waals surface area (Å²) in [6.07, 6.45) is 0. The summed E-state index contributed by atoms with van der Waals surface area (Å²) < 4.78 is 18.2. The van der Waals surface area contributed by atoms with Crippen LogP contribution in [0.3, 0.4) is 0 Å². The van der Waals surface area contributed by atoms with Crippen molar-refractivity contribution in [1.29, 1.82) is 0 Å². The Labute approximate surface area is 90.2 Å². The van der Waals surface area contributed by atoms with Gasteiger partial charge in [-0.15, -0.1) is 0 Å². The van der Waals surface area contributed by atoms with E-state index in [4.69, 9.17) is 0 Å². The molecule has 0 aromatic heterocycles. The van der Waals surface area contributed by atoms with Crippen LogP contribution < -0.4 is 8.05 Å². The maximum Gasteiger partial charge on any atom is 0.139 e. The second kappa shape index (κ2) is 3.08. The Morgan fingerprint density at radius 2 is 2.25 bits per heavy atom. The van der Waals surface area contributed by atoms with Crippen LogP contribution in [-0.4, -0.2) is 0 Å². The van der Waals surface area contributed by atoms with Crippen molar-refractivity contribution in [3.63, 3.8) is 0 Å². The standard InChI is InChI=1S/C6H3Br2FN2S/c7-3-1-5-6(2-4(3)9)11(8)12-10-5/h1-2,10H. The zero-order valence-corrected chi connectivity index (χ0v) is 9.63. The molecule has 0 spiro atoms. The van der Waals surface area contributed by atoms with Crippen LogP contribution in [-0.2, 0) is 0 Å². The van der Waals surface area contributed by atoms with Gasteiger partial charge in [-0.25, -0.2) is 7.72 Å². The summed E-state index contributed by atoms with van der Waals surface area (Å²) in [7, 11) is 0. The van der Waals surface area contributed by atoms with Gasteiger partial charge < -0.3 is 4.72 Å². The van der Waals surface area contributed by atoms with Crippen LogP contribution in [0.25, 0.3) is 0 Å². The molecule has 12 heavy (non-hydrogen) atoms. The molecule has 0 amide bonds. The molecule has 0 aliphatic carbocycles. The Morgan fingerprint density at radius 3 is 3.00 bits per heavy atom. The van der Waals surface area contributed by atoms with E-state index in [1.54, 1.807) is 9.40 Å². The molecule has 1 aliphatic rings. The molecule has 64 valence electrons. The van der Waals surface area contributed by atoms with Gasteiger partial charge in [0.15, 0.2) is 0 Å². The average molecular weight is 314 g/mol. The van der Waals surface area contributed by atoms with Gasteiger partial charge in [0.05, 0.1) is 44.1 Å². The molecular formula is C6H3Br2FN2S. The van der Waals surface area contributed by atoms with Crippen molar-refractivity contribution in [2.45, 2.75) is 0 Å². The molecule has 2 nitrogen and oxygen atoms in total. The number of anilines is 2. The Morgan fingerprint density at radius 1 is 1.50 bits per heavy atom. The number of hydrogen-bond donors (Lipinski definition) is 1. The minimum absolute atomic E-state index is 0.262. The number of nitrogens with one attached hydrogen (secondary N) is 1. The fourth-order valence-corrected chi connectivity index (χ4v) is 2.35. The summed E-state index contributed by atoms with van der Waals surface area (Å²) in [5.74, 6) is -0.262. The lowest BCUT2D eigenvalue weighted by Gasteiger charge is -2.04. The molecule has 0 fully saturated rings. The van der Waals surface area contributed by atoms with Crippen molar-refractivity contribution in [2.75, 3.05) is 8.05 Å². The lowest BCUT2D eigenvalue weighted by atomic mass is 10.3. The third-order valence-corrected chi connectivity index (χ3v) is 3.56. The van der Waals surface area contributed by atoms with Crippen LogP contribution in [0.2, 0.25) is 0 Å². The average Bonchev–Trinajstić information content (AvgIpc) is 2.35. The van der Waals surface area contributed by atoms with Crippen LogP contribution >= 0.6 is 44.2 Å². The maximum atomic E-state index is 13.0. The van der Waals surface area contributed by atoms with E-state index < -0.39 is 0 Å². The van der Waals surface area contributed by atoms with Gasteiger partial charge in [-0.3, -0.25) is 0 Å². The maximum absolute atomic E-state index is 13.0. The fraction of sp³-hybridized carbons (Fsp3) is 0. The first-order valence-corrected chi connectivity index (χ1v) is 5.34. The molecule has 6 heteroatoms. The van der Waals surface area contributed by atoms with Gasteiger partial charge in [-0.05, 0) is 22.0 Å². The van der Waals surface area contributed by atoms with Gasteiger partial charge in [-0.1, -0.05) is 0 Å². The van der Waals surface area contributed by atoms with E-state index in [0.717, 1.165) is 11.4 Å². The van der Waals surface area contributed by atoms with E-state index >= 15 is 0 Å². The third-order valence-electron chi connectivity index (χ3n) is 1.46. The van der Waals surface area contributed by atoms with Gasteiger partial charge in [0, 0.05) is 6.07 Å². The lowest BCUT2D eigenvalue weighted by Crippen LogP contribution is -1.90. The van der Waals surface area contributed by atoms with E-state index in [9.17, 15) is 4.39 Å². The van der Waals surface area contributed by atoms with Crippen molar-refractivity contribution in [3.8, 4) is 0 Å². The largest absolute Gasteiger partial charge is 0.309 e. The normalized spacial score (nSPS) is 14.4. The highest BCUT2D eigenvalue weighted by Gasteiger charge is 2.19. The molecule has 0 saturated carbocycles. The van der Waals surface area contributed by atoms with Crippen LogP contribution in [0, 0.1) is 5.82 Å². The molecule has 1 heterocycles. The molecule has 1 aliphatic heterocycles. The first-order chi connectivity index (χ1) is 5.68. The van der Waals surface area contributed by atoms with Crippen molar-refractivity contribution in [1.82, 2.24) is 0 Å². The summed E-state index contributed by atoms with van der Waals surface area (Å²) in [6, 6.07) is 3.17. The quantitative estimate of drug-likeness (QED) is 0.581. The summed E-state index contributed by atoms with van der Waals surface area (Å²) >= 11 is 7.71. The highest BCUT2D eigenvalue weighted by Crippen LogP contribution is 2.43. The van der Waals surface area contributed by atoms with E-state index in [-0.39, 0.29) is 5.82 Å². The molecule has 1 aromatic rings. The molecule has 0 atom stereocenters. The van der Waals surface area contributed by atoms with Crippen LogP contribution in [0.5, 0.6) is 0 Å². The van der Waals surface area contributed by atoms with Gasteiger partial charge in [0.1, 0.15) is 5.82 Å². The van der Waals surface area contributed by atoms with E-state index in [1.165, 1.54) is 18.2 Å². The molecule has 0 unspecified atom stereocenters. The molecular weight excluding hydrogens is 311 g/mol. The smallest absolute Gasteiger partial charge is 0.139 e. The van der Waals surface area contributed by atoms with E-state index in [0.29, 0.717) is 4.47 Å². The minimum Gasteiger partial charge on any atom is -0.309 e. The summed E-state index contributed by atoms with van der Waals surface area (Å²) in [5.41, 5.74) is 1.69. The molecule has 0 saturated heterocycles. The summed E-state index contributed by atoms with van der Waals surface area (Å²) in [5, 5.41) is 0. The number of halogens is 3. The zero-order valence-electron chi connectivity index (χ0n) is 5.64. The number of benzene rings is 1. The Bertz CT molecular complexity index is 334. The van der Waals surface area contributed by atoms with Crippen molar-refractivity contribution >= 4 is 55.6 Å². The topological polar surface area (TPSA) is 15.3 Å². The van der Waals surface area contributed by atoms with Crippen LogP contribution in [0.15, 0.2) is 16.6 Å². The molecule has 0 bridgehead atoms. The van der Waals surface area contributed by atoms with Crippen molar-refractivity contribution in [2.24, 2.45) is 0 Å². The molecule has 2 rings (SSSR count). The van der Waals surface area contributed by atoms with Crippen molar-refractivity contribution < 1.29 is 4.39 Å². The fourth-order valence-electron chi connectivity index (χ4n) is 0.902. The molecule has 0 radical (unpaired) electrons. The SMILES string of the molecule is Fc1cc2c(cc1Br)NSN2Br. The van der Waals surface area contributed by atoms with Gasteiger partial charge >= 0.3 is 0 Å². The van der Waals surface area contributed by atoms with Gasteiger partial charge in [-0.2, -0.15) is 0 Å².